The number of nitrogens with zero attached hydrogens (tertiary/aromatic N) is 3. The van der Waals surface area contributed by atoms with Gasteiger partial charge < -0.3 is 10.2 Å². The van der Waals surface area contributed by atoms with Gasteiger partial charge in [-0.05, 0) is 74.6 Å². The van der Waals surface area contributed by atoms with Crippen LogP contribution in [0.2, 0.25) is 0 Å². The van der Waals surface area contributed by atoms with Crippen LogP contribution in [0.5, 0.6) is 0 Å². The van der Waals surface area contributed by atoms with Crippen molar-refractivity contribution in [3.8, 4) is 0 Å². The van der Waals surface area contributed by atoms with E-state index >= 15 is 0 Å². The van der Waals surface area contributed by atoms with Crippen LogP contribution in [0.25, 0.3) is 0 Å². The molecule has 170 valence electrons. The minimum Gasteiger partial charge on any atom is -0.310 e. The SMILES string of the molecule is CC(=O)N1c2ccc(S(=O)(=O)N3CCC(C(=O)Nc4cc(C)ccn4)CC3)cc2C[C@H]1C. The number of hydrogen-bond donors (Lipinski definition) is 1. The fourth-order valence-electron chi connectivity index (χ4n) is 4.59. The molecule has 9 heteroatoms. The first kappa shape index (κ1) is 22.4. The van der Waals surface area contributed by atoms with Gasteiger partial charge in [0.1, 0.15) is 5.82 Å². The third-order valence-corrected chi connectivity index (χ3v) is 8.13. The number of aromatic nitrogens is 1. The van der Waals surface area contributed by atoms with Crippen LogP contribution in [0.3, 0.4) is 0 Å². The number of carbonyl (C=O) groups excluding carboxylic acids is 2. The van der Waals surface area contributed by atoms with Crippen molar-refractivity contribution in [2.45, 2.75) is 51.0 Å². The van der Waals surface area contributed by atoms with E-state index in [2.05, 4.69) is 10.3 Å². The van der Waals surface area contributed by atoms with Crippen LogP contribution in [0, 0.1) is 12.8 Å². The van der Waals surface area contributed by atoms with Crippen LogP contribution in [0.15, 0.2) is 41.4 Å². The Labute approximate surface area is 188 Å². The van der Waals surface area contributed by atoms with Gasteiger partial charge in [-0.25, -0.2) is 13.4 Å². The maximum absolute atomic E-state index is 13.2. The molecule has 1 atom stereocenters. The Balaban J connectivity index is 1.43. The summed E-state index contributed by atoms with van der Waals surface area (Å²) in [5.74, 6) is 0.0786. The molecule has 3 heterocycles. The molecule has 4 rings (SSSR count). The number of rotatable bonds is 4. The molecule has 1 aromatic carbocycles. The number of piperidine rings is 1. The largest absolute Gasteiger partial charge is 0.310 e. The highest BCUT2D eigenvalue weighted by Crippen LogP contribution is 2.35. The first-order chi connectivity index (χ1) is 15.2. The highest BCUT2D eigenvalue weighted by Gasteiger charge is 2.34. The summed E-state index contributed by atoms with van der Waals surface area (Å²) in [7, 11) is -3.67. The number of pyridine rings is 1. The van der Waals surface area contributed by atoms with E-state index in [1.807, 2.05) is 19.9 Å². The molecule has 1 fully saturated rings. The van der Waals surface area contributed by atoms with Gasteiger partial charge in [-0.15, -0.1) is 0 Å². The zero-order valence-corrected chi connectivity index (χ0v) is 19.4. The molecule has 2 aromatic rings. The van der Waals surface area contributed by atoms with Crippen molar-refractivity contribution in [1.29, 1.82) is 0 Å². The smallest absolute Gasteiger partial charge is 0.243 e. The number of sulfonamides is 1. The zero-order chi connectivity index (χ0) is 23.0. The topological polar surface area (TPSA) is 99.7 Å². The average molecular weight is 457 g/mol. The molecule has 0 radical (unpaired) electrons. The van der Waals surface area contributed by atoms with E-state index in [-0.39, 0.29) is 41.8 Å². The molecule has 2 aliphatic heterocycles. The molecule has 1 saturated heterocycles. The van der Waals surface area contributed by atoms with Crippen molar-refractivity contribution in [2.24, 2.45) is 5.92 Å². The number of nitrogens with one attached hydrogen (secondary N) is 1. The second kappa shape index (κ2) is 8.63. The van der Waals surface area contributed by atoms with Crippen LogP contribution in [0.4, 0.5) is 11.5 Å². The van der Waals surface area contributed by atoms with Gasteiger partial charge >= 0.3 is 0 Å². The Kier molecular flexibility index (Phi) is 6.05. The van der Waals surface area contributed by atoms with Gasteiger partial charge in [-0.1, -0.05) is 0 Å². The molecule has 0 bridgehead atoms. The summed E-state index contributed by atoms with van der Waals surface area (Å²) < 4.78 is 27.9. The van der Waals surface area contributed by atoms with Crippen LogP contribution >= 0.6 is 0 Å². The Morgan fingerprint density at radius 1 is 1.12 bits per heavy atom. The van der Waals surface area contributed by atoms with E-state index in [0.717, 1.165) is 16.8 Å². The molecule has 1 N–H and O–H groups in total. The van der Waals surface area contributed by atoms with Crippen molar-refractivity contribution in [2.75, 3.05) is 23.3 Å². The van der Waals surface area contributed by atoms with Gasteiger partial charge in [0.2, 0.25) is 21.8 Å². The van der Waals surface area contributed by atoms with Crippen LogP contribution in [-0.2, 0) is 26.0 Å². The predicted octanol–water partition coefficient (Wildman–Crippen LogP) is 2.73. The van der Waals surface area contributed by atoms with Crippen molar-refractivity contribution in [3.63, 3.8) is 0 Å². The maximum Gasteiger partial charge on any atom is 0.243 e. The van der Waals surface area contributed by atoms with Gasteiger partial charge in [0.15, 0.2) is 0 Å². The molecule has 32 heavy (non-hydrogen) atoms. The number of amides is 2. The summed E-state index contributed by atoms with van der Waals surface area (Å²) in [6.07, 6.45) is 3.19. The van der Waals surface area contributed by atoms with Gasteiger partial charge in [0, 0.05) is 43.9 Å². The van der Waals surface area contributed by atoms with Crippen molar-refractivity contribution < 1.29 is 18.0 Å². The quantitative estimate of drug-likeness (QED) is 0.763. The van der Waals surface area contributed by atoms with E-state index in [9.17, 15) is 18.0 Å². The number of anilines is 2. The monoisotopic (exact) mass is 456 g/mol. The lowest BCUT2D eigenvalue weighted by Crippen LogP contribution is -2.41. The molecule has 2 amide bonds. The summed E-state index contributed by atoms with van der Waals surface area (Å²) >= 11 is 0. The first-order valence-corrected chi connectivity index (χ1v) is 12.3. The lowest BCUT2D eigenvalue weighted by Gasteiger charge is -2.30. The molecule has 0 saturated carbocycles. The number of fused-ring (bicyclic) bond motifs is 1. The van der Waals surface area contributed by atoms with E-state index in [1.54, 1.807) is 35.4 Å². The summed E-state index contributed by atoms with van der Waals surface area (Å²) in [5.41, 5.74) is 2.66. The van der Waals surface area contributed by atoms with Gasteiger partial charge in [0.05, 0.1) is 4.90 Å². The molecule has 0 spiro atoms. The highest BCUT2D eigenvalue weighted by atomic mass is 32.2. The zero-order valence-electron chi connectivity index (χ0n) is 18.5. The Bertz CT molecular complexity index is 1160. The molecule has 1 aromatic heterocycles. The highest BCUT2D eigenvalue weighted by molar-refractivity contribution is 7.89. The summed E-state index contributed by atoms with van der Waals surface area (Å²) in [6, 6.07) is 8.66. The number of hydrogen-bond acceptors (Lipinski definition) is 5. The minimum atomic E-state index is -3.67. The Hall–Kier alpha value is -2.78. The lowest BCUT2D eigenvalue weighted by molar-refractivity contribution is -0.121. The summed E-state index contributed by atoms with van der Waals surface area (Å²) in [5, 5.41) is 2.83. The van der Waals surface area contributed by atoms with Crippen molar-refractivity contribution >= 4 is 33.3 Å². The number of benzene rings is 1. The number of carbonyl (C=O) groups is 2. The molecular weight excluding hydrogens is 428 g/mol. The lowest BCUT2D eigenvalue weighted by atomic mass is 9.97. The Morgan fingerprint density at radius 3 is 2.50 bits per heavy atom. The summed E-state index contributed by atoms with van der Waals surface area (Å²) in [6.45, 7) is 5.98. The van der Waals surface area contributed by atoms with Gasteiger partial charge in [-0.2, -0.15) is 4.31 Å². The third kappa shape index (κ3) is 4.27. The predicted molar refractivity (Wildman–Crippen MR) is 122 cm³/mol. The number of aryl methyl sites for hydroxylation is 1. The van der Waals surface area contributed by atoms with Crippen LogP contribution < -0.4 is 10.2 Å². The standard InChI is InChI=1S/C23H28N4O4S/c1-15-6-9-24-22(12-15)25-23(29)18-7-10-26(11-8-18)32(30,31)20-4-5-21-19(14-20)13-16(2)27(21)17(3)28/h4-6,9,12,14,16,18H,7-8,10-11,13H2,1-3H3,(H,24,25,29)/t16-/m1/s1. The van der Waals surface area contributed by atoms with Crippen LogP contribution in [0.1, 0.15) is 37.8 Å². The molecule has 8 nitrogen and oxygen atoms in total. The van der Waals surface area contributed by atoms with Crippen molar-refractivity contribution in [3.05, 3.63) is 47.7 Å². The van der Waals surface area contributed by atoms with Gasteiger partial charge in [-0.3, -0.25) is 9.59 Å². The molecular formula is C23H28N4O4S. The normalized spacial score (nSPS) is 19.6. The molecule has 0 unspecified atom stereocenters. The third-order valence-electron chi connectivity index (χ3n) is 6.24. The van der Waals surface area contributed by atoms with E-state index < -0.39 is 10.0 Å². The minimum absolute atomic E-state index is 0.0117. The van der Waals surface area contributed by atoms with Gasteiger partial charge in [0.25, 0.3) is 0 Å². The first-order valence-electron chi connectivity index (χ1n) is 10.8. The fourth-order valence-corrected chi connectivity index (χ4v) is 6.11. The van der Waals surface area contributed by atoms with E-state index in [0.29, 0.717) is 25.1 Å². The average Bonchev–Trinajstić information content (AvgIpc) is 3.09. The van der Waals surface area contributed by atoms with Crippen molar-refractivity contribution in [1.82, 2.24) is 9.29 Å². The molecule has 2 aliphatic rings. The van der Waals surface area contributed by atoms with E-state index in [4.69, 9.17) is 0 Å². The fraction of sp³-hybridized carbons (Fsp3) is 0.435. The Morgan fingerprint density at radius 2 is 1.84 bits per heavy atom. The second-order valence-electron chi connectivity index (χ2n) is 8.62. The second-order valence-corrected chi connectivity index (χ2v) is 10.6. The summed E-state index contributed by atoms with van der Waals surface area (Å²) in [4.78, 5) is 30.6. The molecule has 0 aliphatic carbocycles. The maximum atomic E-state index is 13.2. The van der Waals surface area contributed by atoms with E-state index in [1.165, 1.54) is 11.2 Å². The van der Waals surface area contributed by atoms with Crippen LogP contribution in [-0.4, -0.2) is 48.7 Å².